The van der Waals surface area contributed by atoms with Gasteiger partial charge in [0.15, 0.2) is 6.61 Å². The smallest absolute Gasteiger partial charge is 0.264 e. The Labute approximate surface area is 122 Å². The van der Waals surface area contributed by atoms with E-state index in [2.05, 4.69) is 15.5 Å². The van der Waals surface area contributed by atoms with Crippen molar-refractivity contribution in [3.05, 3.63) is 34.3 Å². The predicted octanol–water partition coefficient (Wildman–Crippen LogP) is 2.73. The number of benzene rings is 1. The molecule has 2 rings (SSSR count). The van der Waals surface area contributed by atoms with Gasteiger partial charge in [0.25, 0.3) is 5.91 Å². The lowest BCUT2D eigenvalue weighted by molar-refractivity contribution is -0.118. The molecule has 6 heteroatoms. The summed E-state index contributed by atoms with van der Waals surface area (Å²) in [6.45, 7) is 5.94. The fourth-order valence-corrected chi connectivity index (χ4v) is 2.32. The Morgan fingerprint density at radius 2 is 2.15 bits per heavy atom. The molecule has 106 valence electrons. The van der Waals surface area contributed by atoms with E-state index in [1.165, 1.54) is 11.3 Å². The molecule has 1 N–H and O–H groups in total. The topological polar surface area (TPSA) is 64.1 Å². The summed E-state index contributed by atoms with van der Waals surface area (Å²) in [5, 5.41) is 11.9. The van der Waals surface area contributed by atoms with Crippen molar-refractivity contribution in [2.24, 2.45) is 0 Å². The van der Waals surface area contributed by atoms with Gasteiger partial charge in [-0.1, -0.05) is 30.4 Å². The molecule has 0 fully saturated rings. The molecule has 0 radical (unpaired) electrons. The summed E-state index contributed by atoms with van der Waals surface area (Å²) in [6, 6.07) is 5.78. The summed E-state index contributed by atoms with van der Waals surface area (Å²) in [5.41, 5.74) is 2.18. The number of anilines is 1. The van der Waals surface area contributed by atoms with Gasteiger partial charge in [0.2, 0.25) is 5.13 Å². The molecule has 1 aromatic carbocycles. The van der Waals surface area contributed by atoms with Crippen LogP contribution in [0.25, 0.3) is 0 Å². The maximum absolute atomic E-state index is 11.8. The average Bonchev–Trinajstić information content (AvgIpc) is 2.88. The molecule has 5 nitrogen and oxygen atoms in total. The first-order valence-electron chi connectivity index (χ1n) is 6.41. The van der Waals surface area contributed by atoms with Crippen molar-refractivity contribution in [2.45, 2.75) is 27.2 Å². The minimum Gasteiger partial charge on any atom is -0.483 e. The predicted molar refractivity (Wildman–Crippen MR) is 79.3 cm³/mol. The summed E-state index contributed by atoms with van der Waals surface area (Å²) in [7, 11) is 0. The van der Waals surface area contributed by atoms with Crippen molar-refractivity contribution in [3.8, 4) is 5.75 Å². The standard InChI is InChI=1S/C14H17N3O2S/c1-4-13-16-17-14(20-13)15-12(18)8-19-11-7-5-6-9(2)10(11)3/h5-7H,4,8H2,1-3H3,(H,15,17,18). The van der Waals surface area contributed by atoms with Crippen LogP contribution in [-0.4, -0.2) is 22.7 Å². The van der Waals surface area contributed by atoms with E-state index in [0.717, 1.165) is 28.3 Å². The van der Waals surface area contributed by atoms with Crippen LogP contribution in [-0.2, 0) is 11.2 Å². The fourth-order valence-electron chi connectivity index (χ4n) is 1.63. The molecule has 1 amide bonds. The zero-order valence-corrected chi connectivity index (χ0v) is 12.6. The van der Waals surface area contributed by atoms with E-state index in [0.29, 0.717) is 5.13 Å². The third-order valence-electron chi connectivity index (χ3n) is 2.93. The van der Waals surface area contributed by atoms with Crippen LogP contribution < -0.4 is 10.1 Å². The lowest BCUT2D eigenvalue weighted by Crippen LogP contribution is -2.20. The molecule has 0 unspecified atom stereocenters. The van der Waals surface area contributed by atoms with Gasteiger partial charge in [-0.2, -0.15) is 0 Å². The average molecular weight is 291 g/mol. The maximum atomic E-state index is 11.8. The van der Waals surface area contributed by atoms with Gasteiger partial charge in [-0.25, -0.2) is 0 Å². The van der Waals surface area contributed by atoms with E-state index in [4.69, 9.17) is 4.74 Å². The molecule has 0 aliphatic rings. The number of rotatable bonds is 5. The molecule has 2 aromatic rings. The molecule has 20 heavy (non-hydrogen) atoms. The third kappa shape index (κ3) is 3.54. The van der Waals surface area contributed by atoms with Crippen LogP contribution in [0.4, 0.5) is 5.13 Å². The highest BCUT2D eigenvalue weighted by molar-refractivity contribution is 7.15. The molecule has 0 saturated heterocycles. The molecule has 0 aliphatic carbocycles. The summed E-state index contributed by atoms with van der Waals surface area (Å²) in [4.78, 5) is 11.8. The Bertz CT molecular complexity index is 610. The van der Waals surface area contributed by atoms with Crippen LogP contribution in [0.1, 0.15) is 23.1 Å². The van der Waals surface area contributed by atoms with Gasteiger partial charge in [0.1, 0.15) is 10.8 Å². The Morgan fingerprint density at radius 3 is 2.85 bits per heavy atom. The lowest BCUT2D eigenvalue weighted by Gasteiger charge is -2.10. The van der Waals surface area contributed by atoms with Crippen LogP contribution in [0, 0.1) is 13.8 Å². The highest BCUT2D eigenvalue weighted by atomic mass is 32.1. The number of aryl methyl sites for hydroxylation is 2. The van der Waals surface area contributed by atoms with E-state index >= 15 is 0 Å². The summed E-state index contributed by atoms with van der Waals surface area (Å²) >= 11 is 1.38. The van der Waals surface area contributed by atoms with Crippen LogP contribution in [0.15, 0.2) is 18.2 Å². The summed E-state index contributed by atoms with van der Waals surface area (Å²) in [6.07, 6.45) is 0.812. The molecule has 0 spiro atoms. The van der Waals surface area contributed by atoms with E-state index in [1.54, 1.807) is 0 Å². The number of nitrogens with zero attached hydrogens (tertiary/aromatic N) is 2. The molecular weight excluding hydrogens is 274 g/mol. The van der Waals surface area contributed by atoms with E-state index in [1.807, 2.05) is 39.0 Å². The van der Waals surface area contributed by atoms with Crippen molar-refractivity contribution >= 4 is 22.4 Å². The van der Waals surface area contributed by atoms with Crippen LogP contribution in [0.2, 0.25) is 0 Å². The van der Waals surface area contributed by atoms with Gasteiger partial charge >= 0.3 is 0 Å². The number of hydrogen-bond donors (Lipinski definition) is 1. The van der Waals surface area contributed by atoms with Gasteiger partial charge in [-0.05, 0) is 37.5 Å². The molecule has 0 bridgehead atoms. The number of carbonyl (C=O) groups excluding carboxylic acids is 1. The maximum Gasteiger partial charge on any atom is 0.264 e. The van der Waals surface area contributed by atoms with Crippen LogP contribution >= 0.6 is 11.3 Å². The molecule has 1 aromatic heterocycles. The second-order valence-corrected chi connectivity index (χ2v) is 5.45. The van der Waals surface area contributed by atoms with E-state index < -0.39 is 0 Å². The van der Waals surface area contributed by atoms with Gasteiger partial charge < -0.3 is 4.74 Å². The SMILES string of the molecule is CCc1nnc(NC(=O)COc2cccc(C)c2C)s1. The second-order valence-electron chi connectivity index (χ2n) is 4.39. The molecule has 0 aliphatic heterocycles. The number of aromatic nitrogens is 2. The normalized spacial score (nSPS) is 10.3. The number of nitrogens with one attached hydrogen (secondary N) is 1. The zero-order chi connectivity index (χ0) is 14.5. The Balaban J connectivity index is 1.90. The molecule has 0 atom stereocenters. The van der Waals surface area contributed by atoms with Crippen LogP contribution in [0.3, 0.4) is 0 Å². The molecule has 0 saturated carbocycles. The van der Waals surface area contributed by atoms with Crippen molar-refractivity contribution < 1.29 is 9.53 Å². The summed E-state index contributed by atoms with van der Waals surface area (Å²) in [5.74, 6) is 0.497. The lowest BCUT2D eigenvalue weighted by atomic mass is 10.1. The van der Waals surface area contributed by atoms with Crippen LogP contribution in [0.5, 0.6) is 5.75 Å². The van der Waals surface area contributed by atoms with Crippen molar-refractivity contribution in [3.63, 3.8) is 0 Å². The van der Waals surface area contributed by atoms with Gasteiger partial charge in [-0.15, -0.1) is 10.2 Å². The first kappa shape index (κ1) is 14.5. The first-order valence-corrected chi connectivity index (χ1v) is 7.23. The molecule has 1 heterocycles. The van der Waals surface area contributed by atoms with E-state index in [-0.39, 0.29) is 12.5 Å². The Morgan fingerprint density at radius 1 is 1.35 bits per heavy atom. The second kappa shape index (κ2) is 6.47. The highest BCUT2D eigenvalue weighted by Gasteiger charge is 2.09. The summed E-state index contributed by atoms with van der Waals surface area (Å²) < 4.78 is 5.53. The first-order chi connectivity index (χ1) is 9.60. The minimum absolute atomic E-state index is 0.0364. The van der Waals surface area contributed by atoms with Gasteiger partial charge in [-0.3, -0.25) is 10.1 Å². The zero-order valence-electron chi connectivity index (χ0n) is 11.8. The number of ether oxygens (including phenoxy) is 1. The number of amides is 1. The van der Waals surface area contributed by atoms with Gasteiger partial charge in [0, 0.05) is 0 Å². The van der Waals surface area contributed by atoms with Crippen molar-refractivity contribution in [1.82, 2.24) is 10.2 Å². The monoisotopic (exact) mass is 291 g/mol. The van der Waals surface area contributed by atoms with Gasteiger partial charge in [0.05, 0.1) is 0 Å². The third-order valence-corrected chi connectivity index (χ3v) is 3.91. The van der Waals surface area contributed by atoms with Crippen molar-refractivity contribution in [2.75, 3.05) is 11.9 Å². The highest BCUT2D eigenvalue weighted by Crippen LogP contribution is 2.20. The van der Waals surface area contributed by atoms with Crippen molar-refractivity contribution in [1.29, 1.82) is 0 Å². The fraction of sp³-hybridized carbons (Fsp3) is 0.357. The Kier molecular flexibility index (Phi) is 4.68. The Hall–Kier alpha value is -1.95. The number of carbonyl (C=O) groups is 1. The largest absolute Gasteiger partial charge is 0.483 e. The quantitative estimate of drug-likeness (QED) is 0.920. The molecular formula is C14H17N3O2S. The minimum atomic E-state index is -0.232. The van der Waals surface area contributed by atoms with E-state index in [9.17, 15) is 4.79 Å². The number of hydrogen-bond acceptors (Lipinski definition) is 5.